The molecule has 8 nitrogen and oxygen atoms in total. The van der Waals surface area contributed by atoms with Crippen molar-refractivity contribution in [1.29, 1.82) is 0 Å². The molecule has 0 bridgehead atoms. The Hall–Kier alpha value is -1.28. The first-order valence-corrected chi connectivity index (χ1v) is 23.7. The molecule has 12 heteroatoms. The molecule has 0 spiro atoms. The number of aromatic nitrogens is 4. The van der Waals surface area contributed by atoms with Crippen LogP contribution in [-0.4, -0.2) is 66.8 Å². The van der Waals surface area contributed by atoms with Crippen molar-refractivity contribution in [2.24, 2.45) is 0 Å². The number of halogens is 1. The van der Waals surface area contributed by atoms with E-state index in [1.807, 2.05) is 76.9 Å². The zero-order valence-corrected chi connectivity index (χ0v) is 33.8. The second-order valence-electron chi connectivity index (χ2n) is 15.1. The first-order chi connectivity index (χ1) is 19.9. The van der Waals surface area contributed by atoms with E-state index in [4.69, 9.17) is 18.8 Å². The minimum Gasteiger partial charge on any atom is -0.400 e. The lowest BCUT2D eigenvalue weighted by Gasteiger charge is -2.32. The Morgan fingerprint density at radius 1 is 0.818 bits per heavy atom. The number of allylic oxidation sites excluding steroid dienone is 2. The summed E-state index contributed by atoms with van der Waals surface area (Å²) in [5.41, 5.74) is 2.40. The van der Waals surface area contributed by atoms with Gasteiger partial charge in [-0.25, -0.2) is 9.97 Å². The van der Waals surface area contributed by atoms with Crippen LogP contribution in [0.25, 0.3) is 5.57 Å². The molecular formula is C32H60BBrN4O4Si2. The van der Waals surface area contributed by atoms with Crippen molar-refractivity contribution in [1.82, 2.24) is 19.1 Å². The molecule has 0 unspecified atom stereocenters. The lowest BCUT2D eigenvalue weighted by molar-refractivity contribution is 0.00578. The van der Waals surface area contributed by atoms with Gasteiger partial charge >= 0.3 is 7.12 Å². The summed E-state index contributed by atoms with van der Waals surface area (Å²) in [7, 11) is -2.19. The SMILES string of the molecule is C=C(C)B1OC(C)(C)C(C)(C)O1.C=C(C)c1cn(COCC[Si](C)(C)C)c(C)n1.Cc1nc(Br)cn1COCC[Si](C)(C)C. The zero-order valence-electron chi connectivity index (χ0n) is 30.2. The van der Waals surface area contributed by atoms with Gasteiger partial charge in [0.2, 0.25) is 0 Å². The monoisotopic (exact) mass is 710 g/mol. The number of hydrogen-bond acceptors (Lipinski definition) is 6. The summed E-state index contributed by atoms with van der Waals surface area (Å²) >= 11 is 3.34. The van der Waals surface area contributed by atoms with E-state index in [1.165, 1.54) is 12.1 Å². The van der Waals surface area contributed by atoms with Gasteiger partial charge in [0.05, 0.1) is 16.9 Å². The molecule has 2 aromatic heterocycles. The van der Waals surface area contributed by atoms with Crippen molar-refractivity contribution >= 4 is 44.8 Å². The van der Waals surface area contributed by atoms with Gasteiger partial charge in [-0.3, -0.25) is 0 Å². The maximum atomic E-state index is 5.70. The highest BCUT2D eigenvalue weighted by Crippen LogP contribution is 2.38. The minimum atomic E-state index is -0.986. The van der Waals surface area contributed by atoms with Crippen LogP contribution in [0.4, 0.5) is 0 Å². The molecule has 1 saturated heterocycles. The van der Waals surface area contributed by atoms with Crippen molar-refractivity contribution in [2.75, 3.05) is 13.2 Å². The van der Waals surface area contributed by atoms with E-state index in [9.17, 15) is 0 Å². The first kappa shape index (κ1) is 40.7. The van der Waals surface area contributed by atoms with E-state index in [2.05, 4.69) is 78.3 Å². The van der Waals surface area contributed by atoms with Gasteiger partial charge < -0.3 is 27.9 Å². The summed E-state index contributed by atoms with van der Waals surface area (Å²) < 4.78 is 27.6. The lowest BCUT2D eigenvalue weighted by atomic mass is 9.81. The summed E-state index contributed by atoms with van der Waals surface area (Å²) in [6, 6.07) is 2.41. The van der Waals surface area contributed by atoms with Crippen LogP contribution in [0.5, 0.6) is 0 Å². The molecule has 3 rings (SSSR count). The van der Waals surface area contributed by atoms with Crippen LogP contribution >= 0.6 is 15.9 Å². The van der Waals surface area contributed by atoms with Gasteiger partial charge in [0.25, 0.3) is 0 Å². The Labute approximate surface area is 279 Å². The van der Waals surface area contributed by atoms with Crippen molar-refractivity contribution in [3.05, 3.63) is 53.0 Å². The largest absolute Gasteiger partial charge is 0.489 e. The van der Waals surface area contributed by atoms with E-state index < -0.39 is 16.1 Å². The fraction of sp³-hybridized carbons (Fsp3) is 0.688. The topological polar surface area (TPSA) is 72.6 Å². The maximum absolute atomic E-state index is 5.70. The Morgan fingerprint density at radius 3 is 1.52 bits per heavy atom. The molecule has 0 atom stereocenters. The summed E-state index contributed by atoms with van der Waals surface area (Å²) in [4.78, 5) is 8.68. The molecule has 2 aromatic rings. The van der Waals surface area contributed by atoms with Gasteiger partial charge in [-0.05, 0) is 89.0 Å². The normalized spacial score (nSPS) is 15.8. The number of ether oxygens (including phenoxy) is 2. The van der Waals surface area contributed by atoms with E-state index >= 15 is 0 Å². The Balaban J connectivity index is 0.000000335. The lowest BCUT2D eigenvalue weighted by Crippen LogP contribution is -2.41. The van der Waals surface area contributed by atoms with Gasteiger partial charge in [-0.15, -0.1) is 6.58 Å². The summed E-state index contributed by atoms with van der Waals surface area (Å²) in [5, 5.41) is 0. The molecule has 0 aromatic carbocycles. The molecule has 0 amide bonds. The van der Waals surface area contributed by atoms with E-state index in [-0.39, 0.29) is 18.3 Å². The number of rotatable bonds is 12. The molecule has 44 heavy (non-hydrogen) atoms. The average molecular weight is 712 g/mol. The summed E-state index contributed by atoms with van der Waals surface area (Å²) in [5.74, 6) is 1.96. The third-order valence-corrected chi connectivity index (χ3v) is 11.3. The predicted octanol–water partition coefficient (Wildman–Crippen LogP) is 9.00. The average Bonchev–Trinajstić information content (AvgIpc) is 3.45. The third-order valence-electron chi connectivity index (χ3n) is 7.47. The molecule has 0 saturated carbocycles. The van der Waals surface area contributed by atoms with Crippen LogP contribution in [0.3, 0.4) is 0 Å². The molecule has 0 radical (unpaired) electrons. The Morgan fingerprint density at radius 2 is 1.23 bits per heavy atom. The van der Waals surface area contributed by atoms with E-state index in [0.717, 1.165) is 46.2 Å². The van der Waals surface area contributed by atoms with Gasteiger partial charge in [0, 0.05) is 41.8 Å². The number of aryl methyl sites for hydroxylation is 2. The zero-order chi connectivity index (χ0) is 34.1. The van der Waals surface area contributed by atoms with Crippen LogP contribution in [0.15, 0.2) is 35.6 Å². The smallest absolute Gasteiger partial charge is 0.400 e. The minimum absolute atomic E-state index is 0.239. The molecule has 250 valence electrons. The van der Waals surface area contributed by atoms with E-state index in [1.54, 1.807) is 0 Å². The molecular weight excluding hydrogens is 651 g/mol. The number of hydrogen-bond donors (Lipinski definition) is 0. The Bertz CT molecular complexity index is 1200. The van der Waals surface area contributed by atoms with Crippen molar-refractivity contribution in [2.45, 2.75) is 131 Å². The quantitative estimate of drug-likeness (QED) is 0.162. The van der Waals surface area contributed by atoms with E-state index in [0.29, 0.717) is 13.5 Å². The number of imidazole rings is 2. The molecule has 1 aliphatic rings. The highest BCUT2D eigenvalue weighted by molar-refractivity contribution is 9.10. The second kappa shape index (κ2) is 17.0. The molecule has 3 heterocycles. The summed E-state index contributed by atoms with van der Waals surface area (Å²) in [6.45, 7) is 40.8. The third kappa shape index (κ3) is 14.9. The van der Waals surface area contributed by atoms with Crippen LogP contribution in [0.1, 0.15) is 58.9 Å². The highest BCUT2D eigenvalue weighted by Gasteiger charge is 2.51. The van der Waals surface area contributed by atoms with Crippen LogP contribution in [0.2, 0.25) is 51.4 Å². The Kier molecular flexibility index (Phi) is 15.8. The van der Waals surface area contributed by atoms with Gasteiger partial charge in [-0.1, -0.05) is 51.3 Å². The standard InChI is InChI=1S/C13H24N2OSi.C10H19BrN2OSi.C9H17BO2/c1-11(2)13-9-15(12(3)14-13)10-16-7-8-17(4,5)6;1-9-12-10(11)7-13(9)8-14-5-6-15(2,3)4;1-7(2)10-11-8(3,4)9(5,6)12-10/h9H,1,7-8,10H2,2-6H3;7H,5-6,8H2,1-4H3;1H2,2-6H3. The molecule has 1 aliphatic heterocycles. The first-order valence-electron chi connectivity index (χ1n) is 15.5. The van der Waals surface area contributed by atoms with Crippen LogP contribution in [0, 0.1) is 13.8 Å². The van der Waals surface area contributed by atoms with Crippen LogP contribution < -0.4 is 0 Å². The predicted molar refractivity (Wildman–Crippen MR) is 195 cm³/mol. The summed E-state index contributed by atoms with van der Waals surface area (Å²) in [6.07, 6.45) is 3.95. The van der Waals surface area contributed by atoms with Crippen molar-refractivity contribution in [3.8, 4) is 0 Å². The highest BCUT2D eigenvalue weighted by atomic mass is 79.9. The van der Waals surface area contributed by atoms with Gasteiger partial charge in [0.15, 0.2) is 0 Å². The number of nitrogens with zero attached hydrogens (tertiary/aromatic N) is 4. The fourth-order valence-electron chi connectivity index (χ4n) is 3.57. The maximum Gasteiger partial charge on any atom is 0.489 e. The van der Waals surface area contributed by atoms with Gasteiger partial charge in [-0.2, -0.15) is 0 Å². The van der Waals surface area contributed by atoms with Gasteiger partial charge in [0.1, 0.15) is 29.7 Å². The second-order valence-corrected chi connectivity index (χ2v) is 27.2. The van der Waals surface area contributed by atoms with Crippen LogP contribution in [-0.2, 0) is 32.2 Å². The molecule has 0 aliphatic carbocycles. The molecule has 0 N–H and O–H groups in total. The molecule has 1 fully saturated rings. The van der Waals surface area contributed by atoms with Crippen molar-refractivity contribution in [3.63, 3.8) is 0 Å². The van der Waals surface area contributed by atoms with Crippen molar-refractivity contribution < 1.29 is 18.8 Å². The fourth-order valence-corrected chi connectivity index (χ4v) is 5.59.